The average molecular weight is 308 g/mol. The molecular weight excluding hydrogens is 270 g/mol. The van der Waals surface area contributed by atoms with Gasteiger partial charge in [-0.2, -0.15) is 0 Å². The molecule has 22 heavy (non-hydrogen) atoms. The van der Waals surface area contributed by atoms with E-state index in [1.807, 2.05) is 0 Å². The van der Waals surface area contributed by atoms with Gasteiger partial charge in [0.25, 0.3) is 0 Å². The summed E-state index contributed by atoms with van der Waals surface area (Å²) in [7, 11) is 2.07. The summed E-state index contributed by atoms with van der Waals surface area (Å²) >= 11 is 0. The molecule has 0 aromatic heterocycles. The molecule has 1 heterocycles. The summed E-state index contributed by atoms with van der Waals surface area (Å²) in [5, 5.41) is 8.36. The van der Waals surface area contributed by atoms with Crippen LogP contribution in [0.15, 0.2) is 11.8 Å². The Hall–Kier alpha value is -0.830. The molecule has 128 valence electrons. The molecule has 3 heteroatoms. The number of nitrogens with one attached hydrogen (secondary N) is 1. The van der Waals surface area contributed by atoms with Crippen molar-refractivity contribution >= 4 is 5.84 Å². The summed E-state index contributed by atoms with van der Waals surface area (Å²) in [4.78, 5) is 4.71. The Morgan fingerprint density at radius 3 is 2.68 bits per heavy atom. The summed E-state index contributed by atoms with van der Waals surface area (Å²) in [5.41, 5.74) is 1.33. The van der Waals surface area contributed by atoms with Crippen molar-refractivity contribution in [3.8, 4) is 0 Å². The first kappa shape index (κ1) is 19.2. The lowest BCUT2D eigenvalue weighted by atomic mass is 10.00. The maximum atomic E-state index is 8.36. The molecule has 0 amide bonds. The molecule has 3 nitrogen and oxygen atoms in total. The maximum absolute atomic E-state index is 8.36. The summed E-state index contributed by atoms with van der Waals surface area (Å²) in [5.74, 6) is 1.63. The first-order valence-corrected chi connectivity index (χ1v) is 9.31. The zero-order valence-electron chi connectivity index (χ0n) is 15.3. The highest BCUT2D eigenvalue weighted by atomic mass is 15.2. The van der Waals surface area contributed by atoms with Gasteiger partial charge in [-0.05, 0) is 57.5 Å². The summed E-state index contributed by atoms with van der Waals surface area (Å²) < 4.78 is 0. The van der Waals surface area contributed by atoms with Crippen molar-refractivity contribution in [3.05, 3.63) is 11.8 Å². The zero-order chi connectivity index (χ0) is 16.4. The molecule has 1 rings (SSSR count). The number of likely N-dealkylation sites (tertiary alicyclic amines) is 1. The highest BCUT2D eigenvalue weighted by molar-refractivity contribution is 5.80. The van der Waals surface area contributed by atoms with E-state index < -0.39 is 0 Å². The van der Waals surface area contributed by atoms with E-state index in [2.05, 4.69) is 43.7 Å². The molecule has 0 aliphatic carbocycles. The van der Waals surface area contributed by atoms with Crippen LogP contribution in [0, 0.1) is 11.3 Å². The smallest absolute Gasteiger partial charge is 0.0997 e. The van der Waals surface area contributed by atoms with Crippen molar-refractivity contribution in [3.63, 3.8) is 0 Å². The Bertz CT molecular complexity index is 349. The third-order valence-electron chi connectivity index (χ3n) is 4.69. The van der Waals surface area contributed by atoms with E-state index >= 15 is 0 Å². The van der Waals surface area contributed by atoms with Crippen LogP contribution in [0.25, 0.3) is 0 Å². The van der Waals surface area contributed by atoms with E-state index in [1.54, 1.807) is 0 Å². The molecule has 0 spiro atoms. The number of hydrogen-bond acceptors (Lipinski definition) is 2. The zero-order valence-corrected chi connectivity index (χ0v) is 15.3. The molecule has 0 aromatic carbocycles. The number of allylic oxidation sites excluding steroid dienone is 2. The lowest BCUT2D eigenvalue weighted by molar-refractivity contribution is 0.183. The molecule has 1 saturated heterocycles. The van der Waals surface area contributed by atoms with Gasteiger partial charge in [-0.3, -0.25) is 5.41 Å². The molecule has 0 aromatic rings. The predicted octanol–water partition coefficient (Wildman–Crippen LogP) is 4.89. The fourth-order valence-corrected chi connectivity index (χ4v) is 3.30. The largest absolute Gasteiger partial charge is 0.337 e. The highest BCUT2D eigenvalue weighted by Gasteiger charge is 2.16. The van der Waals surface area contributed by atoms with E-state index in [1.165, 1.54) is 44.5 Å². The van der Waals surface area contributed by atoms with Gasteiger partial charge in [0.1, 0.15) is 0 Å². The molecule has 0 radical (unpaired) electrons. The molecule has 1 aliphatic heterocycles. The molecule has 1 N–H and O–H groups in total. The van der Waals surface area contributed by atoms with E-state index in [0.717, 1.165) is 44.0 Å². The van der Waals surface area contributed by atoms with Gasteiger partial charge in [0.15, 0.2) is 0 Å². The Kier molecular flexibility index (Phi) is 9.45. The normalized spacial score (nSPS) is 20.2. The Morgan fingerprint density at radius 1 is 1.27 bits per heavy atom. The number of hydrogen-bond donors (Lipinski definition) is 1. The molecule has 1 fully saturated rings. The first-order valence-electron chi connectivity index (χ1n) is 9.31. The third-order valence-corrected chi connectivity index (χ3v) is 4.69. The molecule has 1 aliphatic rings. The van der Waals surface area contributed by atoms with Crippen molar-refractivity contribution in [2.45, 2.75) is 72.1 Å². The first-order chi connectivity index (χ1) is 10.6. The fraction of sp³-hybridized carbons (Fsp3) is 0.842. The van der Waals surface area contributed by atoms with Crippen LogP contribution in [-0.2, 0) is 0 Å². The molecule has 1 atom stereocenters. The number of amidine groups is 1. The van der Waals surface area contributed by atoms with Gasteiger partial charge in [-0.1, -0.05) is 33.3 Å². The SMILES string of the molecule is CC/C=C(\CCCC)N(C)C(=N)CCCN1CCCC(C)C1. The molecular formula is C19H37N3. The summed E-state index contributed by atoms with van der Waals surface area (Å²) in [6.07, 6.45) is 11.6. The topological polar surface area (TPSA) is 30.3 Å². The van der Waals surface area contributed by atoms with Crippen LogP contribution in [-0.4, -0.2) is 42.3 Å². The monoisotopic (exact) mass is 307 g/mol. The Morgan fingerprint density at radius 2 is 2.05 bits per heavy atom. The van der Waals surface area contributed by atoms with Crippen LogP contribution in [0.5, 0.6) is 0 Å². The van der Waals surface area contributed by atoms with Crippen molar-refractivity contribution in [1.29, 1.82) is 5.41 Å². The van der Waals surface area contributed by atoms with Crippen molar-refractivity contribution < 1.29 is 0 Å². The molecule has 1 unspecified atom stereocenters. The third kappa shape index (κ3) is 6.95. The van der Waals surface area contributed by atoms with E-state index in [9.17, 15) is 0 Å². The van der Waals surface area contributed by atoms with Crippen LogP contribution >= 0.6 is 0 Å². The van der Waals surface area contributed by atoms with E-state index in [-0.39, 0.29) is 0 Å². The lowest BCUT2D eigenvalue weighted by Gasteiger charge is -2.31. The quantitative estimate of drug-likeness (QED) is 0.485. The van der Waals surface area contributed by atoms with Crippen LogP contribution < -0.4 is 0 Å². The van der Waals surface area contributed by atoms with Gasteiger partial charge in [0.05, 0.1) is 5.84 Å². The van der Waals surface area contributed by atoms with Crippen LogP contribution in [0.2, 0.25) is 0 Å². The standard InChI is InChI=1S/C19H37N3/c1-5-7-12-18(10-6-2)21(4)19(20)13-9-15-22-14-8-11-17(3)16-22/h10,17,20H,5-9,11-16H2,1-4H3/b18-10+,20-19?. The molecule has 0 bridgehead atoms. The number of rotatable bonds is 9. The minimum atomic E-state index is 0.779. The van der Waals surface area contributed by atoms with Gasteiger partial charge in [-0.25, -0.2) is 0 Å². The van der Waals surface area contributed by atoms with Crippen molar-refractivity contribution in [2.75, 3.05) is 26.7 Å². The fourth-order valence-electron chi connectivity index (χ4n) is 3.30. The van der Waals surface area contributed by atoms with Crippen molar-refractivity contribution in [2.24, 2.45) is 5.92 Å². The minimum Gasteiger partial charge on any atom is -0.337 e. The minimum absolute atomic E-state index is 0.779. The Labute approximate surface area is 138 Å². The van der Waals surface area contributed by atoms with Crippen molar-refractivity contribution in [1.82, 2.24) is 9.80 Å². The predicted molar refractivity (Wildman–Crippen MR) is 97.5 cm³/mol. The second-order valence-electron chi connectivity index (χ2n) is 6.86. The lowest BCUT2D eigenvalue weighted by Crippen LogP contribution is -2.35. The van der Waals surface area contributed by atoms with E-state index in [4.69, 9.17) is 5.41 Å². The second-order valence-corrected chi connectivity index (χ2v) is 6.86. The second kappa shape index (κ2) is 10.8. The van der Waals surface area contributed by atoms with Gasteiger partial charge >= 0.3 is 0 Å². The summed E-state index contributed by atoms with van der Waals surface area (Å²) in [6.45, 7) is 10.4. The Balaban J connectivity index is 2.34. The van der Waals surface area contributed by atoms with Gasteiger partial charge in [0.2, 0.25) is 0 Å². The van der Waals surface area contributed by atoms with Crippen LogP contribution in [0.1, 0.15) is 72.1 Å². The van der Waals surface area contributed by atoms with Crippen LogP contribution in [0.4, 0.5) is 0 Å². The van der Waals surface area contributed by atoms with Gasteiger partial charge < -0.3 is 9.80 Å². The summed E-state index contributed by atoms with van der Waals surface area (Å²) in [6, 6.07) is 0. The van der Waals surface area contributed by atoms with Gasteiger partial charge in [0, 0.05) is 25.7 Å². The van der Waals surface area contributed by atoms with Crippen LogP contribution in [0.3, 0.4) is 0 Å². The number of nitrogens with zero attached hydrogens (tertiary/aromatic N) is 2. The van der Waals surface area contributed by atoms with Gasteiger partial charge in [-0.15, -0.1) is 0 Å². The molecule has 0 saturated carbocycles. The number of unbranched alkanes of at least 4 members (excludes halogenated alkanes) is 1. The average Bonchev–Trinajstić information content (AvgIpc) is 2.50. The number of piperidine rings is 1. The highest BCUT2D eigenvalue weighted by Crippen LogP contribution is 2.17. The van der Waals surface area contributed by atoms with E-state index in [0.29, 0.717) is 0 Å². The maximum Gasteiger partial charge on any atom is 0.0997 e.